The van der Waals surface area contributed by atoms with Gasteiger partial charge in [0.05, 0.1) is 6.10 Å². The summed E-state index contributed by atoms with van der Waals surface area (Å²) in [7, 11) is 4.05. The first-order valence-electron chi connectivity index (χ1n) is 7.40. The Morgan fingerprint density at radius 3 is 2.81 bits per heavy atom. The van der Waals surface area contributed by atoms with E-state index in [1.807, 2.05) is 33.2 Å². The fourth-order valence-electron chi connectivity index (χ4n) is 2.55. The van der Waals surface area contributed by atoms with Crippen molar-refractivity contribution in [3.63, 3.8) is 0 Å². The maximum absolute atomic E-state index is 12.3. The second-order valence-electron chi connectivity index (χ2n) is 5.94. The molecular formula is C16H25N3O2. The second kappa shape index (κ2) is 7.02. The van der Waals surface area contributed by atoms with Gasteiger partial charge in [0.2, 0.25) is 0 Å². The van der Waals surface area contributed by atoms with Crippen molar-refractivity contribution < 1.29 is 9.53 Å². The average Bonchev–Trinajstić information content (AvgIpc) is 2.91. The Balaban J connectivity index is 2.03. The number of aryl methyl sites for hydroxylation is 1. The molecule has 2 atom stereocenters. The second-order valence-corrected chi connectivity index (χ2v) is 5.94. The van der Waals surface area contributed by atoms with Gasteiger partial charge in [-0.15, -0.1) is 0 Å². The first-order chi connectivity index (χ1) is 9.99. The van der Waals surface area contributed by atoms with E-state index in [4.69, 9.17) is 10.5 Å². The third-order valence-corrected chi connectivity index (χ3v) is 3.72. The largest absolute Gasteiger partial charge is 0.364 e. The van der Waals surface area contributed by atoms with E-state index in [2.05, 4.69) is 16.3 Å². The van der Waals surface area contributed by atoms with Crippen LogP contribution in [0.15, 0.2) is 18.2 Å². The lowest BCUT2D eigenvalue weighted by Gasteiger charge is -2.16. The van der Waals surface area contributed by atoms with E-state index in [-0.39, 0.29) is 18.1 Å². The molecule has 0 aliphatic carbocycles. The molecule has 0 bridgehead atoms. The van der Waals surface area contributed by atoms with Crippen LogP contribution in [-0.2, 0) is 16.1 Å². The minimum Gasteiger partial charge on any atom is -0.364 e. The number of ether oxygens (including phenoxy) is 1. The monoisotopic (exact) mass is 291 g/mol. The third kappa shape index (κ3) is 4.27. The molecule has 1 aliphatic rings. The van der Waals surface area contributed by atoms with Crippen molar-refractivity contribution in [1.29, 1.82) is 0 Å². The summed E-state index contributed by atoms with van der Waals surface area (Å²) in [5.41, 5.74) is 8.67. The maximum Gasteiger partial charge on any atom is 0.253 e. The van der Waals surface area contributed by atoms with Gasteiger partial charge in [-0.1, -0.05) is 12.1 Å². The zero-order chi connectivity index (χ0) is 15.4. The van der Waals surface area contributed by atoms with E-state index in [0.29, 0.717) is 6.54 Å². The van der Waals surface area contributed by atoms with E-state index in [9.17, 15) is 4.79 Å². The van der Waals surface area contributed by atoms with Crippen molar-refractivity contribution in [3.8, 4) is 0 Å². The van der Waals surface area contributed by atoms with Crippen LogP contribution in [0.2, 0.25) is 0 Å². The fraction of sp³-hybridized carbons (Fsp3) is 0.562. The summed E-state index contributed by atoms with van der Waals surface area (Å²) in [6.07, 6.45) is 1.23. The molecule has 21 heavy (non-hydrogen) atoms. The van der Waals surface area contributed by atoms with Crippen LogP contribution in [0.4, 0.5) is 5.69 Å². The smallest absolute Gasteiger partial charge is 0.253 e. The molecule has 1 saturated heterocycles. The van der Waals surface area contributed by atoms with Crippen molar-refractivity contribution in [3.05, 3.63) is 29.3 Å². The molecule has 1 fully saturated rings. The Kier molecular flexibility index (Phi) is 5.33. The molecule has 0 aromatic heterocycles. The van der Waals surface area contributed by atoms with Crippen LogP contribution in [0.3, 0.4) is 0 Å². The summed E-state index contributed by atoms with van der Waals surface area (Å²) in [4.78, 5) is 14.4. The number of carbonyl (C=O) groups is 1. The molecule has 1 aromatic rings. The van der Waals surface area contributed by atoms with Gasteiger partial charge in [0.15, 0.2) is 0 Å². The van der Waals surface area contributed by atoms with Gasteiger partial charge in [0.25, 0.3) is 5.91 Å². The fourth-order valence-corrected chi connectivity index (χ4v) is 2.55. The van der Waals surface area contributed by atoms with Gasteiger partial charge in [0, 0.05) is 18.8 Å². The molecule has 2 rings (SSSR count). The molecule has 0 saturated carbocycles. The molecule has 1 heterocycles. The topological polar surface area (TPSA) is 67.6 Å². The van der Waals surface area contributed by atoms with Crippen molar-refractivity contribution in [2.24, 2.45) is 5.73 Å². The van der Waals surface area contributed by atoms with Gasteiger partial charge in [-0.25, -0.2) is 0 Å². The summed E-state index contributed by atoms with van der Waals surface area (Å²) in [6, 6.07) is 6.15. The van der Waals surface area contributed by atoms with Gasteiger partial charge in [-0.2, -0.15) is 0 Å². The predicted molar refractivity (Wildman–Crippen MR) is 84.1 cm³/mol. The van der Waals surface area contributed by atoms with Crippen LogP contribution < -0.4 is 11.1 Å². The first-order valence-corrected chi connectivity index (χ1v) is 7.40. The lowest BCUT2D eigenvalue weighted by atomic mass is 10.1. The Morgan fingerprint density at radius 2 is 2.19 bits per heavy atom. The highest BCUT2D eigenvalue weighted by Crippen LogP contribution is 2.22. The number of hydrogen-bond acceptors (Lipinski definition) is 4. The summed E-state index contributed by atoms with van der Waals surface area (Å²) in [5, 5.41) is 2.99. The van der Waals surface area contributed by atoms with E-state index in [1.54, 1.807) is 0 Å². The molecule has 1 aromatic carbocycles. The molecule has 0 unspecified atom stereocenters. The van der Waals surface area contributed by atoms with E-state index in [0.717, 1.165) is 30.6 Å². The summed E-state index contributed by atoms with van der Waals surface area (Å²) in [6.45, 7) is 3.31. The van der Waals surface area contributed by atoms with Crippen LogP contribution in [0.5, 0.6) is 0 Å². The molecule has 5 nitrogen and oxygen atoms in total. The Bertz CT molecular complexity index is 502. The number of carbonyl (C=O) groups excluding carboxylic acids is 1. The van der Waals surface area contributed by atoms with Gasteiger partial charge in [-0.3, -0.25) is 4.79 Å². The minimum absolute atomic E-state index is 0.0157. The molecule has 0 radical (unpaired) electrons. The molecule has 3 N–H and O–H groups in total. The van der Waals surface area contributed by atoms with Crippen LogP contribution in [0.25, 0.3) is 0 Å². The molecule has 5 heteroatoms. The highest BCUT2D eigenvalue weighted by atomic mass is 16.5. The molecule has 1 aliphatic heterocycles. The highest BCUT2D eigenvalue weighted by molar-refractivity contribution is 5.95. The van der Waals surface area contributed by atoms with Gasteiger partial charge < -0.3 is 20.7 Å². The predicted octanol–water partition coefficient (Wildman–Crippen LogP) is 1.50. The number of nitrogens with one attached hydrogen (secondary N) is 1. The van der Waals surface area contributed by atoms with Crippen molar-refractivity contribution >= 4 is 11.6 Å². The Labute approximate surface area is 126 Å². The summed E-state index contributed by atoms with van der Waals surface area (Å²) in [5.74, 6) is -0.0731. The number of amides is 1. The highest BCUT2D eigenvalue weighted by Gasteiger charge is 2.30. The molecule has 1 amide bonds. The minimum atomic E-state index is -0.379. The van der Waals surface area contributed by atoms with Crippen LogP contribution in [0.1, 0.15) is 24.0 Å². The van der Waals surface area contributed by atoms with Crippen LogP contribution in [-0.4, -0.2) is 43.7 Å². The summed E-state index contributed by atoms with van der Waals surface area (Å²) >= 11 is 0. The number of rotatable bonds is 5. The van der Waals surface area contributed by atoms with Crippen LogP contribution in [0, 0.1) is 6.92 Å². The van der Waals surface area contributed by atoms with Crippen molar-refractivity contribution in [2.45, 2.75) is 38.5 Å². The number of nitrogens with zero attached hydrogens (tertiary/aromatic N) is 1. The Hall–Kier alpha value is -1.43. The van der Waals surface area contributed by atoms with Crippen LogP contribution >= 0.6 is 0 Å². The number of nitrogens with two attached hydrogens (primary N) is 1. The number of hydrogen-bond donors (Lipinski definition) is 2. The SMILES string of the molecule is Cc1ccc(CN(C)C)cc1NC(=O)[C@@H]1CC[C@H](CN)O1. The van der Waals surface area contributed by atoms with E-state index < -0.39 is 0 Å². The lowest BCUT2D eigenvalue weighted by Crippen LogP contribution is -2.30. The zero-order valence-electron chi connectivity index (χ0n) is 13.1. The molecule has 0 spiro atoms. The van der Waals surface area contributed by atoms with Gasteiger partial charge in [0.1, 0.15) is 6.10 Å². The standard InChI is InChI=1S/C16H25N3O2/c1-11-4-5-12(10-19(2)3)8-14(11)18-16(20)15-7-6-13(9-17)21-15/h4-5,8,13,15H,6-7,9-10,17H2,1-3H3,(H,18,20)/t13-,15+/m1/s1. The first kappa shape index (κ1) is 15.9. The lowest BCUT2D eigenvalue weighted by molar-refractivity contribution is -0.126. The number of benzene rings is 1. The van der Waals surface area contributed by atoms with Crippen molar-refractivity contribution in [2.75, 3.05) is 26.0 Å². The van der Waals surface area contributed by atoms with Gasteiger partial charge >= 0.3 is 0 Å². The van der Waals surface area contributed by atoms with E-state index >= 15 is 0 Å². The molecular weight excluding hydrogens is 266 g/mol. The zero-order valence-corrected chi connectivity index (χ0v) is 13.1. The summed E-state index contributed by atoms with van der Waals surface area (Å²) < 4.78 is 5.63. The quantitative estimate of drug-likeness (QED) is 0.863. The molecule has 116 valence electrons. The normalized spacial score (nSPS) is 21.8. The third-order valence-electron chi connectivity index (χ3n) is 3.72. The maximum atomic E-state index is 12.3. The Morgan fingerprint density at radius 1 is 1.43 bits per heavy atom. The number of anilines is 1. The van der Waals surface area contributed by atoms with E-state index in [1.165, 1.54) is 5.56 Å². The van der Waals surface area contributed by atoms with Gasteiger partial charge in [-0.05, 0) is 51.1 Å². The van der Waals surface area contributed by atoms with Crippen molar-refractivity contribution in [1.82, 2.24) is 4.90 Å². The average molecular weight is 291 g/mol.